The van der Waals surface area contributed by atoms with Gasteiger partial charge in [0.1, 0.15) is 0 Å². The van der Waals surface area contributed by atoms with Crippen molar-refractivity contribution in [1.29, 1.82) is 0 Å². The summed E-state index contributed by atoms with van der Waals surface area (Å²) in [6, 6.07) is 0. The van der Waals surface area contributed by atoms with Crippen LogP contribution in [0, 0.1) is 10.8 Å². The third-order valence-corrected chi connectivity index (χ3v) is 0. The van der Waals surface area contributed by atoms with Gasteiger partial charge in [0.2, 0.25) is 0 Å². The molecule has 0 aliphatic carbocycles. The molecule has 0 saturated heterocycles. The Kier molecular flexibility index (Phi) is 9.51. The fourth-order valence-electron chi connectivity index (χ4n) is 0. The van der Waals surface area contributed by atoms with Crippen molar-refractivity contribution < 1.29 is 51.0 Å². The molecule has 0 aliphatic heterocycles. The molecule has 5 heavy (non-hydrogen) atoms. The minimum absolute atomic E-state index is 0. The molecule has 0 rings (SSSR count). The van der Waals surface area contributed by atoms with Crippen LogP contribution < -0.4 is 9.32 Å². The first kappa shape index (κ1) is 9.41. The zero-order valence-electron chi connectivity index (χ0n) is 2.14. The Bertz CT molecular complexity index is 11.6. The maximum Gasteiger partial charge on any atom is 0.282 e. The third kappa shape index (κ3) is 42.5. The maximum atomic E-state index is 8.52. The van der Waals surface area contributed by atoms with Gasteiger partial charge in [-0.3, -0.25) is 0 Å². The number of hydrogen-bond donors (Lipinski definition) is 1. The summed E-state index contributed by atoms with van der Waals surface area (Å²) in [4.78, 5) is 0. The molecule has 0 aromatic rings. The van der Waals surface area contributed by atoms with Crippen molar-refractivity contribution in [1.82, 2.24) is 0 Å². The van der Waals surface area contributed by atoms with Crippen LogP contribution in [0.25, 0.3) is 0 Å². The predicted octanol–water partition coefficient (Wildman–Crippen LogP) is -2.94. The Labute approximate surface area is 51.1 Å². The smallest absolute Gasteiger partial charge is 0.282 e. The average molecular weight is 176 g/mol. The zero-order chi connectivity index (χ0) is 3.58. The van der Waals surface area contributed by atoms with Gasteiger partial charge in [-0.1, -0.05) is 0 Å². The van der Waals surface area contributed by atoms with Crippen LogP contribution in [0.3, 0.4) is 0 Å². The second-order valence-electron chi connectivity index (χ2n) is 0.201. The van der Waals surface area contributed by atoms with Crippen molar-refractivity contribution >= 4 is 0 Å². The molecule has 0 unspecified atom stereocenters. The molecule has 0 spiro atoms. The van der Waals surface area contributed by atoms with E-state index in [0.29, 0.717) is 0 Å². The average Bonchev–Trinajstić information content (AvgIpc) is 0.811. The quantitative estimate of drug-likeness (QED) is 0.429. The van der Waals surface area contributed by atoms with Crippen LogP contribution in [0.15, 0.2) is 0 Å². The summed E-state index contributed by atoms with van der Waals surface area (Å²) in [5, 5.41) is 0. The van der Waals surface area contributed by atoms with Gasteiger partial charge in [-0.2, -0.15) is 0 Å². The summed E-state index contributed by atoms with van der Waals surface area (Å²) >= 11 is 0. The topological polar surface area (TPSA) is 66.3 Å². The molecule has 3 nitrogen and oxygen atoms in total. The molecule has 30 valence electrons. The Morgan fingerprint density at radius 3 is 1.40 bits per heavy atom. The van der Waals surface area contributed by atoms with Crippen LogP contribution in [0.4, 0.5) is 0 Å². The van der Waals surface area contributed by atoms with Crippen LogP contribution in [0.5, 0.6) is 0 Å². The van der Waals surface area contributed by atoms with Crippen molar-refractivity contribution in [2.45, 2.75) is 0 Å². The van der Waals surface area contributed by atoms with Gasteiger partial charge in [0.25, 0.3) is 10.8 Å². The molecule has 0 atom stereocenters. The Balaban J connectivity index is 0. The summed E-state index contributed by atoms with van der Waals surface area (Å²) < 4.78 is 24.0. The van der Waals surface area contributed by atoms with Gasteiger partial charge in [-0.15, -0.1) is 0 Å². The fourth-order valence-corrected chi connectivity index (χ4v) is 0. The first-order valence-electron chi connectivity index (χ1n) is 0.478. The SMILES string of the molecule is [O-][Cl+2]([O-])O.[Zr]. The molecule has 0 aliphatic rings. The Morgan fingerprint density at radius 2 is 1.40 bits per heavy atom. The van der Waals surface area contributed by atoms with Gasteiger partial charge in [-0.25, -0.2) is 0 Å². The van der Waals surface area contributed by atoms with Gasteiger partial charge >= 0.3 is 0 Å². The molecular weight excluding hydrogens is 175 g/mol. The van der Waals surface area contributed by atoms with Crippen LogP contribution in [-0.4, -0.2) is 4.66 Å². The normalized spacial score (nSPS) is 7.20. The number of hydrogen-bond acceptors (Lipinski definition) is 3. The van der Waals surface area contributed by atoms with Gasteiger partial charge in [0.15, 0.2) is 0 Å². The van der Waals surface area contributed by atoms with Gasteiger partial charge in [0, 0.05) is 30.9 Å². The number of halogens is 1. The van der Waals surface area contributed by atoms with Crippen LogP contribution >= 0.6 is 0 Å². The molecular formula is HClO3Zr. The number of rotatable bonds is 0. The summed E-state index contributed by atoms with van der Waals surface area (Å²) in [5.41, 5.74) is 0. The van der Waals surface area contributed by atoms with Gasteiger partial charge in [0.05, 0.1) is 0 Å². The molecule has 1 N–H and O–H groups in total. The van der Waals surface area contributed by atoms with E-state index < -0.39 is 10.8 Å². The summed E-state index contributed by atoms with van der Waals surface area (Å²) in [6.45, 7) is 0. The summed E-state index contributed by atoms with van der Waals surface area (Å²) in [5.74, 6) is 0. The van der Waals surface area contributed by atoms with Crippen LogP contribution in [-0.2, 0) is 26.2 Å². The van der Waals surface area contributed by atoms with Gasteiger partial charge < -0.3 is 9.32 Å². The van der Waals surface area contributed by atoms with Gasteiger partial charge in [-0.05, 0) is 0 Å². The van der Waals surface area contributed by atoms with E-state index in [4.69, 9.17) is 14.0 Å². The van der Waals surface area contributed by atoms with Crippen LogP contribution in [0.1, 0.15) is 0 Å². The van der Waals surface area contributed by atoms with E-state index in [1.807, 2.05) is 0 Å². The fraction of sp³-hybridized carbons (Fsp3) is 0. The van der Waals surface area contributed by atoms with Crippen molar-refractivity contribution in [2.24, 2.45) is 0 Å². The van der Waals surface area contributed by atoms with E-state index in [9.17, 15) is 0 Å². The van der Waals surface area contributed by atoms with Crippen molar-refractivity contribution in [3.05, 3.63) is 0 Å². The standard InChI is InChI=1S/ClHO3.Zr/c2-1(3)4;/h2H;. The largest absolute Gasteiger partial charge is 0.321 e. The zero-order valence-corrected chi connectivity index (χ0v) is 5.36. The molecule has 0 bridgehead atoms. The van der Waals surface area contributed by atoms with E-state index in [2.05, 4.69) is 0 Å². The summed E-state index contributed by atoms with van der Waals surface area (Å²) in [7, 11) is -2.60. The van der Waals surface area contributed by atoms with Crippen molar-refractivity contribution in [2.75, 3.05) is 0 Å². The first-order valence-corrected chi connectivity index (χ1v) is 1.43. The maximum absolute atomic E-state index is 8.52. The molecule has 0 radical (unpaired) electrons. The second-order valence-corrected chi connectivity index (χ2v) is 0.603. The van der Waals surface area contributed by atoms with E-state index in [0.717, 1.165) is 0 Å². The van der Waals surface area contributed by atoms with E-state index in [1.165, 1.54) is 0 Å². The van der Waals surface area contributed by atoms with E-state index >= 15 is 0 Å². The molecule has 0 fully saturated rings. The Morgan fingerprint density at radius 1 is 1.40 bits per heavy atom. The van der Waals surface area contributed by atoms with E-state index in [-0.39, 0.29) is 26.2 Å². The molecule has 0 heterocycles. The van der Waals surface area contributed by atoms with E-state index in [1.54, 1.807) is 0 Å². The second kappa shape index (κ2) is 5.05. The molecule has 0 aromatic heterocycles. The molecule has 5 heteroatoms. The molecule has 0 aromatic carbocycles. The van der Waals surface area contributed by atoms with Crippen molar-refractivity contribution in [3.8, 4) is 0 Å². The molecule has 0 amide bonds. The Hall–Kier alpha value is 1.05. The monoisotopic (exact) mass is 174 g/mol. The van der Waals surface area contributed by atoms with Crippen LogP contribution in [0.2, 0.25) is 0 Å². The summed E-state index contributed by atoms with van der Waals surface area (Å²) in [6.07, 6.45) is 0. The first-order chi connectivity index (χ1) is 1.73. The minimum atomic E-state index is -2.60. The molecule has 0 saturated carbocycles. The predicted molar refractivity (Wildman–Crippen MR) is 2.22 cm³/mol. The van der Waals surface area contributed by atoms with Crippen molar-refractivity contribution in [3.63, 3.8) is 0 Å². The minimum Gasteiger partial charge on any atom is -0.321 e. The third-order valence-electron chi connectivity index (χ3n) is 0.